The number of ketones is 2. The van der Waals surface area contributed by atoms with Crippen molar-refractivity contribution in [3.63, 3.8) is 0 Å². The van der Waals surface area contributed by atoms with E-state index < -0.39 is 0 Å². The molecule has 1 aromatic rings. The molecule has 1 unspecified atom stereocenters. The number of carbonyl (C=O) groups excluding carboxylic acids is 2. The lowest BCUT2D eigenvalue weighted by molar-refractivity contribution is -0.116. The Bertz CT molecular complexity index is 1120. The molecule has 33 heavy (non-hydrogen) atoms. The third-order valence-corrected chi connectivity index (χ3v) is 10.0. The third-order valence-electron chi connectivity index (χ3n) is 10.0. The van der Waals surface area contributed by atoms with Crippen LogP contribution in [0.25, 0.3) is 0 Å². The van der Waals surface area contributed by atoms with Crippen LogP contribution in [0.3, 0.4) is 0 Å². The highest BCUT2D eigenvalue weighted by Crippen LogP contribution is 2.67. The first-order valence-electron chi connectivity index (χ1n) is 12.7. The van der Waals surface area contributed by atoms with Crippen LogP contribution in [-0.4, -0.2) is 23.8 Å². The number of allylic oxidation sites excluding steroid dienone is 4. The molecule has 0 radical (unpaired) electrons. The smallest absolute Gasteiger partial charge is 0.163 e. The molecule has 1 heterocycles. The molecular weight excluding hydrogens is 408 g/mol. The minimum absolute atomic E-state index is 0.0623. The van der Waals surface area contributed by atoms with E-state index in [0.29, 0.717) is 17.4 Å². The fourth-order valence-electron chi connectivity index (χ4n) is 8.24. The molecule has 6 rings (SSSR count). The minimum Gasteiger partial charge on any atom is -0.370 e. The van der Waals surface area contributed by atoms with Gasteiger partial charge in [-0.05, 0) is 98.5 Å². The predicted molar refractivity (Wildman–Crippen MR) is 129 cm³/mol. The van der Waals surface area contributed by atoms with E-state index in [1.807, 2.05) is 30.3 Å². The molecule has 1 spiro atoms. The summed E-state index contributed by atoms with van der Waals surface area (Å²) >= 11 is 0. The van der Waals surface area contributed by atoms with Crippen LogP contribution in [0, 0.1) is 17.3 Å². The van der Waals surface area contributed by atoms with Gasteiger partial charge in [0.05, 0.1) is 18.1 Å². The summed E-state index contributed by atoms with van der Waals surface area (Å²) in [5.74, 6) is 1.42. The molecule has 3 nitrogen and oxygen atoms in total. The summed E-state index contributed by atoms with van der Waals surface area (Å²) in [6.07, 6.45) is 10.6. The Morgan fingerprint density at radius 2 is 1.88 bits per heavy atom. The van der Waals surface area contributed by atoms with Crippen LogP contribution < -0.4 is 0 Å². The van der Waals surface area contributed by atoms with Crippen molar-refractivity contribution >= 4 is 11.6 Å². The number of rotatable bonds is 2. The highest BCUT2D eigenvalue weighted by Gasteiger charge is 2.64. The molecule has 0 N–H and O–H groups in total. The highest BCUT2D eigenvalue weighted by molar-refractivity contribution is 5.99. The molecule has 1 aliphatic heterocycles. The van der Waals surface area contributed by atoms with Crippen LogP contribution in [-0.2, 0) is 9.53 Å². The lowest BCUT2D eigenvalue weighted by atomic mass is 9.54. The fourth-order valence-corrected chi connectivity index (χ4v) is 8.24. The van der Waals surface area contributed by atoms with Gasteiger partial charge in [-0.25, -0.2) is 0 Å². The maximum Gasteiger partial charge on any atom is 0.163 e. The van der Waals surface area contributed by atoms with E-state index in [9.17, 15) is 9.59 Å². The monoisotopic (exact) mass is 442 g/mol. The average molecular weight is 443 g/mol. The van der Waals surface area contributed by atoms with E-state index in [1.165, 1.54) is 29.6 Å². The molecule has 5 atom stereocenters. The first-order valence-corrected chi connectivity index (χ1v) is 12.7. The van der Waals surface area contributed by atoms with Crippen molar-refractivity contribution in [3.05, 3.63) is 70.3 Å². The van der Waals surface area contributed by atoms with Crippen molar-refractivity contribution in [2.45, 2.75) is 76.7 Å². The Hall–Kier alpha value is -2.26. The molecule has 4 aliphatic carbocycles. The van der Waals surface area contributed by atoms with E-state index in [0.717, 1.165) is 50.7 Å². The predicted octanol–water partition coefficient (Wildman–Crippen LogP) is 6.50. The quantitative estimate of drug-likeness (QED) is 0.388. The van der Waals surface area contributed by atoms with Crippen molar-refractivity contribution in [1.29, 1.82) is 0 Å². The first-order chi connectivity index (χ1) is 15.8. The molecule has 0 bridgehead atoms. The lowest BCUT2D eigenvalue weighted by Gasteiger charge is -2.52. The highest BCUT2D eigenvalue weighted by atomic mass is 16.5. The van der Waals surface area contributed by atoms with Gasteiger partial charge >= 0.3 is 0 Å². The van der Waals surface area contributed by atoms with Crippen LogP contribution in [0.4, 0.5) is 0 Å². The lowest BCUT2D eigenvalue weighted by Crippen LogP contribution is -2.50. The van der Waals surface area contributed by atoms with Crippen LogP contribution >= 0.6 is 0 Å². The molecule has 1 saturated heterocycles. The van der Waals surface area contributed by atoms with Crippen molar-refractivity contribution in [1.82, 2.24) is 0 Å². The van der Waals surface area contributed by atoms with E-state index in [-0.39, 0.29) is 28.5 Å². The van der Waals surface area contributed by atoms with E-state index in [4.69, 9.17) is 4.74 Å². The second kappa shape index (κ2) is 7.37. The SMILES string of the molecule is C=C1CCO[C@@]12CC[C@H]1[C@@H]3CCC4=CC(=O)C(c5ccc(C(C)=O)cc5)CC4=C3CC[C@@]12C. The van der Waals surface area contributed by atoms with Gasteiger partial charge in [-0.3, -0.25) is 9.59 Å². The summed E-state index contributed by atoms with van der Waals surface area (Å²) in [6.45, 7) is 9.36. The van der Waals surface area contributed by atoms with Crippen LogP contribution in [0.15, 0.2) is 59.2 Å². The van der Waals surface area contributed by atoms with Gasteiger partial charge in [0.2, 0.25) is 0 Å². The Balaban J connectivity index is 1.34. The third kappa shape index (κ3) is 2.91. The zero-order valence-corrected chi connectivity index (χ0v) is 19.9. The molecule has 2 saturated carbocycles. The Kier molecular flexibility index (Phi) is 4.75. The van der Waals surface area contributed by atoms with Crippen LogP contribution in [0.5, 0.6) is 0 Å². The number of hydrogen-bond donors (Lipinski definition) is 0. The summed E-state index contributed by atoms with van der Waals surface area (Å²) in [7, 11) is 0. The second-order valence-corrected chi connectivity index (χ2v) is 11.2. The van der Waals surface area contributed by atoms with Gasteiger partial charge in [0.25, 0.3) is 0 Å². The summed E-state index contributed by atoms with van der Waals surface area (Å²) in [5, 5.41) is 0. The van der Waals surface area contributed by atoms with E-state index >= 15 is 0 Å². The van der Waals surface area contributed by atoms with Crippen molar-refractivity contribution in [2.75, 3.05) is 6.61 Å². The van der Waals surface area contributed by atoms with Gasteiger partial charge in [0, 0.05) is 11.0 Å². The standard InChI is InChI=1S/C30H34O3/c1-18-12-15-33-30(18)14-11-27-24-9-8-22-16-28(32)26(21-6-4-20(5-7-21)19(2)31)17-25(22)23(24)10-13-29(27,30)3/h4-7,16,24,26-27H,1,8-15,17H2,2-3H3/t24-,26?,27+,29+,30+/m1/s1. The van der Waals surface area contributed by atoms with Crippen molar-refractivity contribution in [2.24, 2.45) is 17.3 Å². The number of Topliss-reactive ketones (excluding diaryl/α,β-unsaturated/α-hetero) is 1. The number of fused-ring (bicyclic) bond motifs is 5. The van der Waals surface area contributed by atoms with Gasteiger partial charge in [-0.1, -0.05) is 43.3 Å². The van der Waals surface area contributed by atoms with Gasteiger partial charge in [-0.2, -0.15) is 0 Å². The Morgan fingerprint density at radius 3 is 2.58 bits per heavy atom. The Morgan fingerprint density at radius 1 is 1.09 bits per heavy atom. The summed E-state index contributed by atoms with van der Waals surface area (Å²) < 4.78 is 6.49. The van der Waals surface area contributed by atoms with Gasteiger partial charge in [0.15, 0.2) is 11.6 Å². The number of benzene rings is 1. The largest absolute Gasteiger partial charge is 0.370 e. The molecule has 3 fully saturated rings. The molecule has 0 aromatic heterocycles. The minimum atomic E-state index is -0.128. The van der Waals surface area contributed by atoms with Gasteiger partial charge in [-0.15, -0.1) is 0 Å². The normalized spacial score (nSPS) is 37.6. The van der Waals surface area contributed by atoms with E-state index in [2.05, 4.69) is 13.5 Å². The number of carbonyl (C=O) groups is 2. The van der Waals surface area contributed by atoms with Crippen molar-refractivity contribution in [3.8, 4) is 0 Å². The topological polar surface area (TPSA) is 43.4 Å². The Labute approximate surface area is 197 Å². The molecule has 3 heteroatoms. The average Bonchev–Trinajstić information content (AvgIpc) is 3.33. The fraction of sp³-hybridized carbons (Fsp3) is 0.533. The van der Waals surface area contributed by atoms with Crippen LogP contribution in [0.1, 0.15) is 87.1 Å². The summed E-state index contributed by atoms with van der Waals surface area (Å²) in [5.41, 5.74) is 7.55. The van der Waals surface area contributed by atoms with E-state index in [1.54, 1.807) is 12.5 Å². The van der Waals surface area contributed by atoms with Crippen LogP contribution in [0.2, 0.25) is 0 Å². The van der Waals surface area contributed by atoms with Gasteiger partial charge in [0.1, 0.15) is 0 Å². The number of hydrogen-bond acceptors (Lipinski definition) is 3. The molecule has 5 aliphatic rings. The molecule has 1 aromatic carbocycles. The first kappa shape index (κ1) is 21.3. The molecule has 172 valence electrons. The molecule has 0 amide bonds. The maximum atomic E-state index is 13.1. The summed E-state index contributed by atoms with van der Waals surface area (Å²) in [6, 6.07) is 7.69. The molecular formula is C30H34O3. The summed E-state index contributed by atoms with van der Waals surface area (Å²) in [4.78, 5) is 24.8. The van der Waals surface area contributed by atoms with Crippen molar-refractivity contribution < 1.29 is 14.3 Å². The second-order valence-electron chi connectivity index (χ2n) is 11.2. The zero-order valence-electron chi connectivity index (χ0n) is 19.9. The number of ether oxygens (including phenoxy) is 1. The zero-order chi connectivity index (χ0) is 23.0. The maximum absolute atomic E-state index is 13.1. The van der Waals surface area contributed by atoms with Gasteiger partial charge < -0.3 is 4.74 Å².